The van der Waals surface area contributed by atoms with Gasteiger partial charge in [0.05, 0.1) is 12.3 Å². The van der Waals surface area contributed by atoms with Gasteiger partial charge in [0.2, 0.25) is 0 Å². The SMILES string of the molecule is O=C(c1ccn(-c2cccc(F)c2)n1)N1CCC(COc2ccccc2)CC1. The topological polar surface area (TPSA) is 47.4 Å². The van der Waals surface area contributed by atoms with Gasteiger partial charge in [-0.3, -0.25) is 4.79 Å². The van der Waals surface area contributed by atoms with Gasteiger partial charge >= 0.3 is 0 Å². The quantitative estimate of drug-likeness (QED) is 0.675. The van der Waals surface area contributed by atoms with Crippen molar-refractivity contribution in [2.45, 2.75) is 12.8 Å². The van der Waals surface area contributed by atoms with Gasteiger partial charge in [0.1, 0.15) is 11.6 Å². The highest BCUT2D eigenvalue weighted by atomic mass is 19.1. The molecule has 0 N–H and O–H groups in total. The highest BCUT2D eigenvalue weighted by Gasteiger charge is 2.25. The molecule has 144 valence electrons. The second-order valence-electron chi connectivity index (χ2n) is 6.99. The van der Waals surface area contributed by atoms with Crippen LogP contribution in [-0.2, 0) is 0 Å². The number of hydrogen-bond acceptors (Lipinski definition) is 3. The van der Waals surface area contributed by atoms with Crippen molar-refractivity contribution in [2.24, 2.45) is 5.92 Å². The molecule has 5 nitrogen and oxygen atoms in total. The van der Waals surface area contributed by atoms with Crippen molar-refractivity contribution >= 4 is 5.91 Å². The minimum atomic E-state index is -0.333. The zero-order valence-electron chi connectivity index (χ0n) is 15.5. The van der Waals surface area contributed by atoms with Crippen molar-refractivity contribution in [3.8, 4) is 11.4 Å². The fourth-order valence-corrected chi connectivity index (χ4v) is 3.40. The molecule has 0 radical (unpaired) electrons. The number of aromatic nitrogens is 2. The summed E-state index contributed by atoms with van der Waals surface area (Å²) in [4.78, 5) is 14.6. The molecule has 2 heterocycles. The van der Waals surface area contributed by atoms with Crippen LogP contribution in [0.3, 0.4) is 0 Å². The van der Waals surface area contributed by atoms with Gasteiger partial charge in [0.25, 0.3) is 5.91 Å². The van der Waals surface area contributed by atoms with E-state index < -0.39 is 0 Å². The first-order valence-electron chi connectivity index (χ1n) is 9.48. The van der Waals surface area contributed by atoms with Crippen LogP contribution < -0.4 is 4.74 Å². The fourth-order valence-electron chi connectivity index (χ4n) is 3.40. The van der Waals surface area contributed by atoms with Gasteiger partial charge in [0, 0.05) is 19.3 Å². The van der Waals surface area contributed by atoms with Crippen molar-refractivity contribution in [1.29, 1.82) is 0 Å². The molecule has 1 fully saturated rings. The summed E-state index contributed by atoms with van der Waals surface area (Å²) in [6, 6.07) is 17.6. The molecule has 1 aromatic heterocycles. The predicted octanol–water partition coefficient (Wildman–Crippen LogP) is 3.94. The lowest BCUT2D eigenvalue weighted by Gasteiger charge is -2.31. The van der Waals surface area contributed by atoms with Gasteiger partial charge < -0.3 is 9.64 Å². The Labute approximate surface area is 163 Å². The van der Waals surface area contributed by atoms with Crippen LogP contribution in [0.5, 0.6) is 5.75 Å². The molecule has 1 aliphatic heterocycles. The molecule has 2 aromatic carbocycles. The summed E-state index contributed by atoms with van der Waals surface area (Å²) >= 11 is 0. The van der Waals surface area contributed by atoms with E-state index in [1.165, 1.54) is 16.8 Å². The normalized spacial score (nSPS) is 14.8. The minimum absolute atomic E-state index is 0.0856. The number of hydrogen-bond donors (Lipinski definition) is 0. The minimum Gasteiger partial charge on any atom is -0.493 e. The first-order valence-corrected chi connectivity index (χ1v) is 9.48. The summed E-state index contributed by atoms with van der Waals surface area (Å²) < 4.78 is 20.8. The molecule has 0 atom stereocenters. The smallest absolute Gasteiger partial charge is 0.274 e. The lowest BCUT2D eigenvalue weighted by molar-refractivity contribution is 0.0655. The zero-order valence-corrected chi connectivity index (χ0v) is 15.5. The molecule has 0 bridgehead atoms. The molecule has 28 heavy (non-hydrogen) atoms. The maximum Gasteiger partial charge on any atom is 0.274 e. The molecular formula is C22H22FN3O2. The summed E-state index contributed by atoms with van der Waals surface area (Å²) in [6.07, 6.45) is 3.49. The van der Waals surface area contributed by atoms with Gasteiger partial charge in [-0.25, -0.2) is 9.07 Å². The van der Waals surface area contributed by atoms with Crippen molar-refractivity contribution in [1.82, 2.24) is 14.7 Å². The maximum atomic E-state index is 13.4. The van der Waals surface area contributed by atoms with Crippen LogP contribution in [0.25, 0.3) is 5.69 Å². The summed E-state index contributed by atoms with van der Waals surface area (Å²) in [5.41, 5.74) is 0.971. The molecule has 1 saturated heterocycles. The van der Waals surface area contributed by atoms with Crippen LogP contribution in [0.2, 0.25) is 0 Å². The largest absolute Gasteiger partial charge is 0.493 e. The van der Waals surface area contributed by atoms with Gasteiger partial charge in [-0.2, -0.15) is 5.10 Å². The van der Waals surface area contributed by atoms with Crippen molar-refractivity contribution in [2.75, 3.05) is 19.7 Å². The van der Waals surface area contributed by atoms with E-state index in [-0.39, 0.29) is 11.7 Å². The Kier molecular flexibility index (Phi) is 5.37. The van der Waals surface area contributed by atoms with Gasteiger partial charge in [-0.15, -0.1) is 0 Å². The predicted molar refractivity (Wildman–Crippen MR) is 104 cm³/mol. The Morgan fingerprint density at radius 1 is 1.07 bits per heavy atom. The van der Waals surface area contributed by atoms with Crippen LogP contribution in [0.1, 0.15) is 23.3 Å². The Balaban J connectivity index is 1.32. The molecule has 0 spiro atoms. The number of piperidine rings is 1. The highest BCUT2D eigenvalue weighted by molar-refractivity contribution is 5.92. The molecule has 1 amide bonds. The number of benzene rings is 2. The number of halogens is 1. The summed E-state index contributed by atoms with van der Waals surface area (Å²) in [6.45, 7) is 2.04. The van der Waals surface area contributed by atoms with E-state index in [2.05, 4.69) is 5.10 Å². The number of para-hydroxylation sites is 1. The number of likely N-dealkylation sites (tertiary alicyclic amines) is 1. The van der Waals surface area contributed by atoms with E-state index in [0.717, 1.165) is 18.6 Å². The van der Waals surface area contributed by atoms with E-state index in [0.29, 0.717) is 37.0 Å². The number of ether oxygens (including phenoxy) is 1. The van der Waals surface area contributed by atoms with Gasteiger partial charge in [-0.1, -0.05) is 24.3 Å². The van der Waals surface area contributed by atoms with E-state index >= 15 is 0 Å². The molecule has 4 rings (SSSR count). The van der Waals surface area contributed by atoms with Crippen LogP contribution in [-0.4, -0.2) is 40.3 Å². The van der Waals surface area contributed by atoms with E-state index in [4.69, 9.17) is 4.74 Å². The van der Waals surface area contributed by atoms with E-state index in [1.54, 1.807) is 24.4 Å². The van der Waals surface area contributed by atoms with E-state index in [9.17, 15) is 9.18 Å². The van der Waals surface area contributed by atoms with Crippen LogP contribution >= 0.6 is 0 Å². The Hall–Kier alpha value is -3.15. The first-order chi connectivity index (χ1) is 13.7. The Bertz CT molecular complexity index is 934. The zero-order chi connectivity index (χ0) is 19.3. The Morgan fingerprint density at radius 3 is 2.61 bits per heavy atom. The maximum absolute atomic E-state index is 13.4. The number of carbonyl (C=O) groups excluding carboxylic acids is 1. The van der Waals surface area contributed by atoms with Gasteiger partial charge in [-0.05, 0) is 55.2 Å². The fraction of sp³-hybridized carbons (Fsp3) is 0.273. The van der Waals surface area contributed by atoms with Crippen molar-refractivity contribution < 1.29 is 13.9 Å². The first kappa shape index (κ1) is 18.2. The van der Waals surface area contributed by atoms with Crippen molar-refractivity contribution in [3.05, 3.63) is 78.4 Å². The number of carbonyl (C=O) groups is 1. The molecule has 3 aromatic rings. The van der Waals surface area contributed by atoms with E-state index in [1.807, 2.05) is 35.2 Å². The lowest BCUT2D eigenvalue weighted by atomic mass is 9.97. The monoisotopic (exact) mass is 379 g/mol. The van der Waals surface area contributed by atoms with Crippen LogP contribution in [0.15, 0.2) is 66.9 Å². The second-order valence-corrected chi connectivity index (χ2v) is 6.99. The average Bonchev–Trinajstić information content (AvgIpc) is 3.23. The summed E-state index contributed by atoms with van der Waals surface area (Å²) in [5, 5.41) is 4.33. The third-order valence-corrected chi connectivity index (χ3v) is 5.01. The summed E-state index contributed by atoms with van der Waals surface area (Å²) in [5.74, 6) is 0.899. The number of rotatable bonds is 5. The third kappa shape index (κ3) is 4.22. The van der Waals surface area contributed by atoms with Crippen LogP contribution in [0, 0.1) is 11.7 Å². The Morgan fingerprint density at radius 2 is 1.86 bits per heavy atom. The molecule has 0 unspecified atom stereocenters. The lowest BCUT2D eigenvalue weighted by Crippen LogP contribution is -2.39. The molecular weight excluding hydrogens is 357 g/mol. The number of nitrogens with zero attached hydrogens (tertiary/aromatic N) is 3. The summed E-state index contributed by atoms with van der Waals surface area (Å²) in [7, 11) is 0. The molecule has 0 saturated carbocycles. The highest BCUT2D eigenvalue weighted by Crippen LogP contribution is 2.21. The molecule has 6 heteroatoms. The second kappa shape index (κ2) is 8.25. The number of amides is 1. The average molecular weight is 379 g/mol. The molecule has 0 aliphatic carbocycles. The van der Waals surface area contributed by atoms with Crippen molar-refractivity contribution in [3.63, 3.8) is 0 Å². The van der Waals surface area contributed by atoms with Crippen LogP contribution in [0.4, 0.5) is 4.39 Å². The van der Waals surface area contributed by atoms with Gasteiger partial charge in [0.15, 0.2) is 5.69 Å². The standard InChI is InChI=1S/C22H22FN3O2/c23-18-5-4-6-19(15-18)26-14-11-21(24-26)22(27)25-12-9-17(10-13-25)16-28-20-7-2-1-3-8-20/h1-8,11,14-15,17H,9-10,12-13,16H2. The molecule has 1 aliphatic rings. The third-order valence-electron chi connectivity index (χ3n) is 5.01.